The fraction of sp³-hybridized carbons (Fsp3) is 0. The minimum absolute atomic E-state index is 0.00433. The molecule has 3 nitrogen and oxygen atoms in total. The van der Waals surface area contributed by atoms with E-state index < -0.39 is 20.6 Å². The van der Waals surface area contributed by atoms with Gasteiger partial charge in [-0.15, -0.1) is 0 Å². The lowest BCUT2D eigenvalue weighted by molar-refractivity contribution is 0.603. The van der Waals surface area contributed by atoms with E-state index in [2.05, 4.69) is 15.9 Å². The summed E-state index contributed by atoms with van der Waals surface area (Å²) in [5.74, 6) is -0.611. The van der Waals surface area contributed by atoms with Crippen LogP contribution in [0.3, 0.4) is 0 Å². The maximum Gasteiger partial charge on any atom is 0.216 e. The Morgan fingerprint density at radius 1 is 1.19 bits per heavy atom. The molecule has 0 bridgehead atoms. The van der Waals surface area contributed by atoms with Crippen LogP contribution >= 0.6 is 15.9 Å². The number of nitriles is 1. The average Bonchev–Trinajstić information content (AvgIpc) is 2.47. The summed E-state index contributed by atoms with van der Waals surface area (Å²) in [5.41, 5.74) is 0.0363. The van der Waals surface area contributed by atoms with Crippen LogP contribution in [0.1, 0.15) is 5.56 Å². The molecule has 0 N–H and O–H groups in total. The van der Waals surface area contributed by atoms with Gasteiger partial charge in [0.05, 0.1) is 4.90 Å². The van der Waals surface area contributed by atoms with Gasteiger partial charge >= 0.3 is 0 Å². The van der Waals surface area contributed by atoms with Gasteiger partial charge in [-0.05, 0) is 30.3 Å². The zero-order valence-corrected chi connectivity index (χ0v) is 13.0. The maximum atomic E-state index is 13.8. The standard InChI is InChI=1S/C15H9BrFNO2S/c16-12-7-6-11(15(17)9-12)8-14(10-18)21(19,20)13-4-2-1-3-5-13/h1-9H/b14-8+. The summed E-state index contributed by atoms with van der Waals surface area (Å²) in [7, 11) is -3.95. The first-order chi connectivity index (χ1) is 9.95. The molecule has 2 aromatic carbocycles. The van der Waals surface area contributed by atoms with Crippen molar-refractivity contribution in [2.75, 3.05) is 0 Å². The number of hydrogen-bond acceptors (Lipinski definition) is 3. The van der Waals surface area contributed by atoms with Crippen LogP contribution < -0.4 is 0 Å². The van der Waals surface area contributed by atoms with Crippen molar-refractivity contribution in [3.05, 3.63) is 69.3 Å². The third-order valence-corrected chi connectivity index (χ3v) is 4.88. The lowest BCUT2D eigenvalue weighted by Gasteiger charge is -2.03. The third-order valence-electron chi connectivity index (χ3n) is 2.70. The lowest BCUT2D eigenvalue weighted by atomic mass is 10.2. The summed E-state index contributed by atoms with van der Waals surface area (Å²) in [6, 6.07) is 13.4. The Kier molecular flexibility index (Phi) is 4.56. The Morgan fingerprint density at radius 2 is 1.86 bits per heavy atom. The van der Waals surface area contributed by atoms with Gasteiger partial charge < -0.3 is 0 Å². The monoisotopic (exact) mass is 365 g/mol. The molecule has 0 saturated carbocycles. The molecule has 0 saturated heterocycles. The van der Waals surface area contributed by atoms with E-state index in [0.717, 1.165) is 6.08 Å². The molecule has 0 aliphatic carbocycles. The van der Waals surface area contributed by atoms with E-state index in [9.17, 15) is 12.8 Å². The van der Waals surface area contributed by atoms with Gasteiger partial charge in [0, 0.05) is 10.0 Å². The van der Waals surface area contributed by atoms with Gasteiger partial charge in [-0.3, -0.25) is 0 Å². The van der Waals surface area contributed by atoms with Gasteiger partial charge in [0.25, 0.3) is 0 Å². The van der Waals surface area contributed by atoms with Crippen LogP contribution in [-0.4, -0.2) is 8.42 Å². The number of benzene rings is 2. The highest BCUT2D eigenvalue weighted by molar-refractivity contribution is 9.10. The second-order valence-electron chi connectivity index (χ2n) is 4.10. The number of hydrogen-bond donors (Lipinski definition) is 0. The maximum absolute atomic E-state index is 13.8. The molecule has 0 spiro atoms. The van der Waals surface area contributed by atoms with Crippen molar-refractivity contribution in [2.24, 2.45) is 0 Å². The molecule has 0 heterocycles. The molecule has 0 unspecified atom stereocenters. The average molecular weight is 366 g/mol. The van der Waals surface area contributed by atoms with Crippen molar-refractivity contribution in [1.29, 1.82) is 5.26 Å². The molecular weight excluding hydrogens is 357 g/mol. The summed E-state index contributed by atoms with van der Waals surface area (Å²) in [6.45, 7) is 0. The highest BCUT2D eigenvalue weighted by Crippen LogP contribution is 2.23. The first kappa shape index (κ1) is 15.4. The quantitative estimate of drug-likeness (QED) is 0.774. The predicted octanol–water partition coefficient (Wildman–Crippen LogP) is 3.93. The minimum atomic E-state index is -3.95. The van der Waals surface area contributed by atoms with E-state index >= 15 is 0 Å². The zero-order chi connectivity index (χ0) is 15.5. The summed E-state index contributed by atoms with van der Waals surface area (Å²) < 4.78 is 38.9. The van der Waals surface area contributed by atoms with Crippen molar-refractivity contribution < 1.29 is 12.8 Å². The lowest BCUT2D eigenvalue weighted by Crippen LogP contribution is -2.03. The van der Waals surface area contributed by atoms with Gasteiger partial charge in [0.2, 0.25) is 9.84 Å². The van der Waals surface area contributed by atoms with Crippen molar-refractivity contribution in [2.45, 2.75) is 4.90 Å². The summed E-state index contributed by atoms with van der Waals surface area (Å²) in [5, 5.41) is 9.10. The van der Waals surface area contributed by atoms with Gasteiger partial charge in [-0.1, -0.05) is 40.2 Å². The number of nitrogens with zero attached hydrogens (tertiary/aromatic N) is 1. The molecular formula is C15H9BrFNO2S. The SMILES string of the molecule is N#C/C(=C\c1ccc(Br)cc1F)S(=O)(=O)c1ccccc1. The largest absolute Gasteiger partial charge is 0.218 e. The van der Waals surface area contributed by atoms with Crippen molar-refractivity contribution in [1.82, 2.24) is 0 Å². The van der Waals surface area contributed by atoms with Gasteiger partial charge in [-0.2, -0.15) is 5.26 Å². The first-order valence-corrected chi connectivity index (χ1v) is 8.10. The molecule has 21 heavy (non-hydrogen) atoms. The molecule has 0 aliphatic rings. The van der Waals surface area contributed by atoms with Gasteiger partial charge in [0.15, 0.2) is 0 Å². The van der Waals surface area contributed by atoms with Crippen LogP contribution in [0.2, 0.25) is 0 Å². The van der Waals surface area contributed by atoms with Crippen molar-refractivity contribution >= 4 is 31.8 Å². The summed E-state index contributed by atoms with van der Waals surface area (Å²) >= 11 is 3.11. The Balaban J connectivity index is 2.54. The van der Waals surface area contributed by atoms with Crippen LogP contribution in [0, 0.1) is 17.1 Å². The van der Waals surface area contributed by atoms with Crippen LogP contribution in [0.15, 0.2) is 62.8 Å². The molecule has 0 aromatic heterocycles. The number of sulfone groups is 1. The minimum Gasteiger partial charge on any atom is -0.218 e. The fourth-order valence-corrected chi connectivity index (χ4v) is 3.16. The highest BCUT2D eigenvalue weighted by Gasteiger charge is 2.20. The predicted molar refractivity (Wildman–Crippen MR) is 81.3 cm³/mol. The molecule has 0 amide bonds. The van der Waals surface area contributed by atoms with E-state index in [0.29, 0.717) is 4.47 Å². The zero-order valence-electron chi connectivity index (χ0n) is 10.6. The van der Waals surface area contributed by atoms with Gasteiger partial charge in [0.1, 0.15) is 16.8 Å². The van der Waals surface area contributed by atoms with Crippen LogP contribution in [-0.2, 0) is 9.84 Å². The van der Waals surface area contributed by atoms with E-state index in [1.165, 1.54) is 24.3 Å². The van der Waals surface area contributed by atoms with Gasteiger partial charge in [-0.25, -0.2) is 12.8 Å². The van der Waals surface area contributed by atoms with Crippen molar-refractivity contribution in [3.8, 4) is 6.07 Å². The molecule has 2 aromatic rings. The second kappa shape index (κ2) is 6.20. The fourth-order valence-electron chi connectivity index (χ4n) is 1.66. The van der Waals surface area contributed by atoms with E-state index in [1.807, 2.05) is 0 Å². The molecule has 0 aliphatic heterocycles. The molecule has 106 valence electrons. The molecule has 6 heteroatoms. The number of allylic oxidation sites excluding steroid dienone is 1. The Hall–Kier alpha value is -1.97. The Labute approximate surface area is 130 Å². The smallest absolute Gasteiger partial charge is 0.216 e. The second-order valence-corrected chi connectivity index (χ2v) is 6.94. The Bertz CT molecular complexity index is 840. The number of halogens is 2. The van der Waals surface area contributed by atoms with Crippen molar-refractivity contribution in [3.63, 3.8) is 0 Å². The molecule has 0 radical (unpaired) electrons. The topological polar surface area (TPSA) is 57.9 Å². The molecule has 0 atom stereocenters. The van der Waals surface area contributed by atoms with Crippen LogP contribution in [0.4, 0.5) is 4.39 Å². The van der Waals surface area contributed by atoms with E-state index in [4.69, 9.17) is 5.26 Å². The molecule has 0 fully saturated rings. The highest BCUT2D eigenvalue weighted by atomic mass is 79.9. The van der Waals surface area contributed by atoms with Crippen LogP contribution in [0.25, 0.3) is 6.08 Å². The van der Waals surface area contributed by atoms with E-state index in [-0.39, 0.29) is 10.5 Å². The summed E-state index contributed by atoms with van der Waals surface area (Å²) in [4.78, 5) is -0.509. The Morgan fingerprint density at radius 3 is 2.43 bits per heavy atom. The number of rotatable bonds is 3. The normalized spacial score (nSPS) is 12.0. The molecule has 2 rings (SSSR count). The third kappa shape index (κ3) is 3.38. The summed E-state index contributed by atoms with van der Waals surface area (Å²) in [6.07, 6.45) is 1.03. The first-order valence-electron chi connectivity index (χ1n) is 5.82. The van der Waals surface area contributed by atoms with E-state index in [1.54, 1.807) is 30.3 Å². The van der Waals surface area contributed by atoms with Crippen LogP contribution in [0.5, 0.6) is 0 Å².